The molecular formula is C24H19N5O. The highest BCUT2D eigenvalue weighted by Crippen LogP contribution is 2.22. The minimum Gasteiger partial charge on any atom is -0.345 e. The van der Waals surface area contributed by atoms with E-state index in [4.69, 9.17) is 0 Å². The van der Waals surface area contributed by atoms with Crippen LogP contribution in [-0.4, -0.2) is 21.8 Å². The van der Waals surface area contributed by atoms with E-state index in [9.17, 15) is 4.79 Å². The summed E-state index contributed by atoms with van der Waals surface area (Å²) in [5.74, 6) is 0.295. The van der Waals surface area contributed by atoms with Gasteiger partial charge in [0.1, 0.15) is 5.70 Å². The number of nitrogens with zero attached hydrogens (tertiary/aromatic N) is 3. The van der Waals surface area contributed by atoms with Crippen molar-refractivity contribution in [2.75, 3.05) is 4.90 Å². The van der Waals surface area contributed by atoms with Crippen molar-refractivity contribution >= 4 is 34.7 Å². The second-order valence-corrected chi connectivity index (χ2v) is 7.01. The molecule has 1 aromatic heterocycles. The number of H-pyrrole nitrogens is 1. The summed E-state index contributed by atoms with van der Waals surface area (Å²) < 4.78 is 0. The van der Waals surface area contributed by atoms with E-state index in [1.54, 1.807) is 12.4 Å². The zero-order valence-corrected chi connectivity index (χ0v) is 16.1. The molecule has 30 heavy (non-hydrogen) atoms. The molecule has 0 radical (unpaired) electrons. The predicted octanol–water partition coefficient (Wildman–Crippen LogP) is 4.10. The maximum absolute atomic E-state index is 12.6. The van der Waals surface area contributed by atoms with Crippen LogP contribution in [0.4, 0.5) is 5.69 Å². The van der Waals surface area contributed by atoms with Gasteiger partial charge in [0.15, 0.2) is 0 Å². The van der Waals surface area contributed by atoms with E-state index in [1.165, 1.54) is 0 Å². The van der Waals surface area contributed by atoms with Crippen molar-refractivity contribution in [3.8, 4) is 0 Å². The van der Waals surface area contributed by atoms with Crippen LogP contribution in [0.1, 0.15) is 11.1 Å². The van der Waals surface area contributed by atoms with Gasteiger partial charge in [-0.05, 0) is 41.5 Å². The predicted molar refractivity (Wildman–Crippen MR) is 119 cm³/mol. The molecule has 0 aliphatic carbocycles. The van der Waals surface area contributed by atoms with Crippen LogP contribution in [0, 0.1) is 0 Å². The maximum atomic E-state index is 12.6. The molecule has 5 rings (SSSR count). The number of aliphatic imine (C=N–C) groups is 1. The smallest absolute Gasteiger partial charge is 0.276 e. The second kappa shape index (κ2) is 7.67. The lowest BCUT2D eigenvalue weighted by Gasteiger charge is -2.24. The van der Waals surface area contributed by atoms with Gasteiger partial charge < -0.3 is 9.88 Å². The van der Waals surface area contributed by atoms with Gasteiger partial charge in [-0.2, -0.15) is 0 Å². The van der Waals surface area contributed by atoms with Crippen LogP contribution in [-0.2, 0) is 11.3 Å². The van der Waals surface area contributed by atoms with Crippen molar-refractivity contribution in [2.24, 2.45) is 4.99 Å². The molecule has 4 aromatic rings. The van der Waals surface area contributed by atoms with E-state index in [2.05, 4.69) is 32.4 Å². The zero-order valence-electron chi connectivity index (χ0n) is 16.1. The Morgan fingerprint density at radius 1 is 0.933 bits per heavy atom. The van der Waals surface area contributed by atoms with Crippen molar-refractivity contribution in [3.05, 3.63) is 102 Å². The Balaban J connectivity index is 1.50. The first-order chi connectivity index (χ1) is 14.8. The number of nitrogens with one attached hydrogen (secondary N) is 2. The molecule has 0 saturated heterocycles. The van der Waals surface area contributed by atoms with E-state index in [1.807, 2.05) is 71.6 Å². The fourth-order valence-electron chi connectivity index (χ4n) is 3.44. The van der Waals surface area contributed by atoms with Crippen molar-refractivity contribution in [1.82, 2.24) is 15.3 Å². The second-order valence-electron chi connectivity index (χ2n) is 7.01. The van der Waals surface area contributed by atoms with Crippen molar-refractivity contribution in [3.63, 3.8) is 0 Å². The lowest BCUT2D eigenvalue weighted by Crippen LogP contribution is -2.40. The molecule has 2 heterocycles. The minimum absolute atomic E-state index is 0.221. The fourth-order valence-corrected chi connectivity index (χ4v) is 3.44. The Labute approximate surface area is 173 Å². The van der Waals surface area contributed by atoms with Crippen molar-refractivity contribution in [1.29, 1.82) is 0 Å². The van der Waals surface area contributed by atoms with E-state index >= 15 is 0 Å². The number of hydrogen-bond acceptors (Lipinski definition) is 4. The molecule has 3 aromatic carbocycles. The molecule has 0 spiro atoms. The zero-order chi connectivity index (χ0) is 20.3. The Morgan fingerprint density at radius 3 is 2.50 bits per heavy atom. The van der Waals surface area contributed by atoms with Gasteiger partial charge in [-0.15, -0.1) is 0 Å². The number of aromatic nitrogens is 2. The van der Waals surface area contributed by atoms with Gasteiger partial charge in [-0.1, -0.05) is 54.6 Å². The summed E-state index contributed by atoms with van der Waals surface area (Å²) >= 11 is 0. The van der Waals surface area contributed by atoms with Crippen LogP contribution in [0.3, 0.4) is 0 Å². The summed E-state index contributed by atoms with van der Waals surface area (Å²) in [6.45, 7) is 0.594. The highest BCUT2D eigenvalue weighted by Gasteiger charge is 2.25. The number of fused-ring (bicyclic) bond motifs is 1. The Morgan fingerprint density at radius 2 is 1.70 bits per heavy atom. The summed E-state index contributed by atoms with van der Waals surface area (Å²) in [5.41, 5.74) is 5.13. The number of aromatic amines is 1. The molecule has 146 valence electrons. The Kier molecular flexibility index (Phi) is 4.57. The largest absolute Gasteiger partial charge is 0.345 e. The maximum Gasteiger partial charge on any atom is 0.276 e. The van der Waals surface area contributed by atoms with Gasteiger partial charge in [0.2, 0.25) is 5.96 Å². The van der Waals surface area contributed by atoms with Crippen LogP contribution in [0.2, 0.25) is 0 Å². The molecule has 2 N–H and O–H groups in total. The first kappa shape index (κ1) is 17.9. The van der Waals surface area contributed by atoms with E-state index in [0.717, 1.165) is 27.8 Å². The molecule has 1 aliphatic heterocycles. The number of imidazole rings is 1. The highest BCUT2D eigenvalue weighted by molar-refractivity contribution is 6.18. The van der Waals surface area contributed by atoms with Gasteiger partial charge in [0, 0.05) is 5.69 Å². The van der Waals surface area contributed by atoms with Gasteiger partial charge >= 0.3 is 0 Å². The molecule has 0 fully saturated rings. The van der Waals surface area contributed by atoms with Crippen LogP contribution >= 0.6 is 0 Å². The lowest BCUT2D eigenvalue weighted by atomic mass is 10.1. The van der Waals surface area contributed by atoms with Gasteiger partial charge in [0.25, 0.3) is 5.91 Å². The standard InChI is InChI=1S/C24H19N5O/c30-23-22(14-18-11-12-20-21(13-18)26-16-25-20)27-24(28-23)29(19-9-5-2-6-10-19)15-17-7-3-1-4-8-17/h1-14,16H,15H2,(H,25,26)(H,27,28,30). The Hall–Kier alpha value is -4.19. The van der Waals surface area contributed by atoms with Crippen molar-refractivity contribution in [2.45, 2.75) is 6.54 Å². The molecule has 6 nitrogen and oxygen atoms in total. The highest BCUT2D eigenvalue weighted by atomic mass is 16.2. The Bertz CT molecular complexity index is 1260. The van der Waals surface area contributed by atoms with E-state index in [-0.39, 0.29) is 5.91 Å². The topological polar surface area (TPSA) is 73.4 Å². The molecule has 0 saturated carbocycles. The van der Waals surface area contributed by atoms with Crippen LogP contribution in [0.5, 0.6) is 0 Å². The van der Waals surface area contributed by atoms with Gasteiger partial charge in [-0.3, -0.25) is 10.1 Å². The average Bonchev–Trinajstić information content (AvgIpc) is 3.39. The average molecular weight is 393 g/mol. The minimum atomic E-state index is -0.221. The van der Waals surface area contributed by atoms with Crippen LogP contribution in [0.25, 0.3) is 17.1 Å². The quantitative estimate of drug-likeness (QED) is 0.513. The van der Waals surface area contributed by atoms with E-state index < -0.39 is 0 Å². The molecule has 6 heteroatoms. The number of para-hydroxylation sites is 1. The van der Waals surface area contributed by atoms with Crippen LogP contribution < -0.4 is 10.2 Å². The fraction of sp³-hybridized carbons (Fsp3) is 0.0417. The number of benzene rings is 3. The number of hydrogen-bond donors (Lipinski definition) is 2. The monoisotopic (exact) mass is 393 g/mol. The molecular weight excluding hydrogens is 374 g/mol. The first-order valence-corrected chi connectivity index (χ1v) is 9.68. The number of carbonyl (C=O) groups is 1. The SMILES string of the molecule is O=C1NC(N(Cc2ccccc2)c2ccccc2)=NC1=Cc1ccc2[nH]cnc2c1. The number of rotatable bonds is 4. The number of carbonyl (C=O) groups excluding carboxylic acids is 1. The summed E-state index contributed by atoms with van der Waals surface area (Å²) in [4.78, 5) is 26.6. The third-order valence-electron chi connectivity index (χ3n) is 4.94. The molecule has 0 unspecified atom stereocenters. The van der Waals surface area contributed by atoms with Gasteiger partial charge in [-0.25, -0.2) is 9.98 Å². The molecule has 0 atom stereocenters. The third-order valence-corrected chi connectivity index (χ3v) is 4.94. The van der Waals surface area contributed by atoms with E-state index in [0.29, 0.717) is 18.2 Å². The van der Waals surface area contributed by atoms with Crippen molar-refractivity contribution < 1.29 is 4.79 Å². The van der Waals surface area contributed by atoms with Crippen LogP contribution in [0.15, 0.2) is 95.9 Å². The number of anilines is 1. The summed E-state index contributed by atoms with van der Waals surface area (Å²) in [7, 11) is 0. The normalized spacial score (nSPS) is 14.7. The first-order valence-electron chi connectivity index (χ1n) is 9.68. The summed E-state index contributed by atoms with van der Waals surface area (Å²) in [6, 6.07) is 25.8. The molecule has 0 bridgehead atoms. The molecule has 1 aliphatic rings. The lowest BCUT2D eigenvalue weighted by molar-refractivity contribution is -0.115. The summed E-state index contributed by atoms with van der Waals surface area (Å²) in [6.07, 6.45) is 3.43. The number of amides is 1. The number of guanidine groups is 1. The van der Waals surface area contributed by atoms with Gasteiger partial charge in [0.05, 0.1) is 23.9 Å². The summed E-state index contributed by atoms with van der Waals surface area (Å²) in [5, 5.41) is 2.92. The molecule has 1 amide bonds. The third kappa shape index (κ3) is 3.58.